The van der Waals surface area contributed by atoms with Crippen molar-refractivity contribution in [2.24, 2.45) is 5.16 Å². The van der Waals surface area contributed by atoms with Gasteiger partial charge in [-0.3, -0.25) is 0 Å². The lowest BCUT2D eigenvalue weighted by atomic mass is 10.0. The molecule has 110 valence electrons. The van der Waals surface area contributed by atoms with Gasteiger partial charge in [-0.05, 0) is 17.5 Å². The highest BCUT2D eigenvalue weighted by molar-refractivity contribution is 5.79. The maximum absolute atomic E-state index is 5.00. The monoisotopic (exact) mass is 283 g/mol. The zero-order chi connectivity index (χ0) is 14.9. The highest BCUT2D eigenvalue weighted by atomic mass is 16.6. The number of oxime groups is 1. The van der Waals surface area contributed by atoms with E-state index < -0.39 is 0 Å². The van der Waals surface area contributed by atoms with Crippen molar-refractivity contribution in [2.75, 3.05) is 6.61 Å². The van der Waals surface area contributed by atoms with Crippen LogP contribution in [0.25, 0.3) is 0 Å². The third-order valence-electron chi connectivity index (χ3n) is 3.24. The van der Waals surface area contributed by atoms with Gasteiger partial charge in [-0.25, -0.2) is 4.98 Å². The fourth-order valence-electron chi connectivity index (χ4n) is 2.21. The molecule has 1 unspecified atom stereocenters. The highest BCUT2D eigenvalue weighted by Crippen LogP contribution is 2.23. The molecule has 1 atom stereocenters. The molecule has 0 saturated carbocycles. The van der Waals surface area contributed by atoms with Crippen LogP contribution in [-0.2, 0) is 4.84 Å². The maximum atomic E-state index is 5.00. The molecule has 1 aromatic heterocycles. The Hall–Kier alpha value is -2.36. The molecule has 0 fully saturated rings. The molecule has 2 rings (SSSR count). The molecule has 0 saturated heterocycles. The Morgan fingerprint density at radius 1 is 1.38 bits per heavy atom. The summed E-state index contributed by atoms with van der Waals surface area (Å²) in [7, 11) is 0. The molecular weight excluding hydrogens is 262 g/mol. The summed E-state index contributed by atoms with van der Waals surface area (Å²) < 4.78 is 2.15. The van der Waals surface area contributed by atoms with Crippen LogP contribution in [-0.4, -0.2) is 22.4 Å². The molecule has 0 spiro atoms. The van der Waals surface area contributed by atoms with Crippen LogP contribution in [0.15, 0.2) is 60.8 Å². The number of aromatic nitrogens is 2. The standard InChI is InChI=1S/C17H21N3O/c1-3-5-17(20-11-10-18-14-20)16-8-6-15(7-9-16)13-19-21-12-4-2/h4,6-11,13-14,17H,2-3,5,12H2,1H3. The molecule has 0 amide bonds. The number of hydrogen-bond acceptors (Lipinski definition) is 3. The molecule has 0 bridgehead atoms. The van der Waals surface area contributed by atoms with Crippen molar-refractivity contribution in [3.8, 4) is 0 Å². The molecule has 21 heavy (non-hydrogen) atoms. The number of hydrogen-bond donors (Lipinski definition) is 0. The lowest BCUT2D eigenvalue weighted by Gasteiger charge is -2.18. The second kappa shape index (κ2) is 8.04. The Morgan fingerprint density at radius 2 is 2.19 bits per heavy atom. The summed E-state index contributed by atoms with van der Waals surface area (Å²) in [6.45, 7) is 6.19. The average Bonchev–Trinajstić information content (AvgIpc) is 3.04. The fraction of sp³-hybridized carbons (Fsp3) is 0.294. The van der Waals surface area contributed by atoms with Crippen LogP contribution in [0.5, 0.6) is 0 Å². The Labute approximate surface area is 125 Å². The summed E-state index contributed by atoms with van der Waals surface area (Å²) in [5.74, 6) is 0. The summed E-state index contributed by atoms with van der Waals surface area (Å²) in [6.07, 6.45) is 11.3. The van der Waals surface area contributed by atoms with E-state index in [1.54, 1.807) is 12.3 Å². The predicted octanol–water partition coefficient (Wildman–Crippen LogP) is 3.81. The Bertz CT molecular complexity index is 558. The van der Waals surface area contributed by atoms with Crippen LogP contribution in [0.3, 0.4) is 0 Å². The van der Waals surface area contributed by atoms with E-state index in [0.29, 0.717) is 12.6 Å². The van der Waals surface area contributed by atoms with Crippen LogP contribution in [0.4, 0.5) is 0 Å². The SMILES string of the molecule is C=CCON=Cc1ccc(C(CCC)n2ccnc2)cc1. The van der Waals surface area contributed by atoms with Gasteiger partial charge in [0.05, 0.1) is 18.6 Å². The van der Waals surface area contributed by atoms with Crippen LogP contribution in [0.2, 0.25) is 0 Å². The van der Waals surface area contributed by atoms with Crippen molar-refractivity contribution < 1.29 is 4.84 Å². The van der Waals surface area contributed by atoms with Crippen LogP contribution >= 0.6 is 0 Å². The van der Waals surface area contributed by atoms with Gasteiger partial charge in [0.2, 0.25) is 0 Å². The lowest BCUT2D eigenvalue weighted by Crippen LogP contribution is -2.08. The summed E-state index contributed by atoms with van der Waals surface area (Å²) in [5.41, 5.74) is 2.29. The van der Waals surface area contributed by atoms with Crippen LogP contribution < -0.4 is 0 Å². The minimum Gasteiger partial charge on any atom is -0.392 e. The molecule has 4 nitrogen and oxygen atoms in total. The van der Waals surface area contributed by atoms with Crippen molar-refractivity contribution in [3.63, 3.8) is 0 Å². The van der Waals surface area contributed by atoms with Gasteiger partial charge in [0, 0.05) is 12.4 Å². The van der Waals surface area contributed by atoms with Gasteiger partial charge >= 0.3 is 0 Å². The average molecular weight is 283 g/mol. The highest BCUT2D eigenvalue weighted by Gasteiger charge is 2.11. The van der Waals surface area contributed by atoms with E-state index in [9.17, 15) is 0 Å². The van der Waals surface area contributed by atoms with E-state index in [1.807, 2.05) is 18.7 Å². The molecule has 0 N–H and O–H groups in total. The van der Waals surface area contributed by atoms with E-state index in [0.717, 1.165) is 18.4 Å². The van der Waals surface area contributed by atoms with Crippen LogP contribution in [0.1, 0.15) is 36.9 Å². The fourth-order valence-corrected chi connectivity index (χ4v) is 2.21. The Kier molecular flexibility index (Phi) is 5.76. The number of imidazole rings is 1. The number of nitrogens with zero attached hydrogens (tertiary/aromatic N) is 3. The quantitative estimate of drug-likeness (QED) is 0.320. The molecule has 0 aliphatic heterocycles. The van der Waals surface area contributed by atoms with Crippen molar-refractivity contribution in [1.29, 1.82) is 0 Å². The minimum absolute atomic E-state index is 0.334. The molecule has 1 aromatic carbocycles. The first-order valence-electron chi connectivity index (χ1n) is 7.18. The van der Waals surface area contributed by atoms with E-state index in [4.69, 9.17) is 4.84 Å². The third-order valence-corrected chi connectivity index (χ3v) is 3.24. The van der Waals surface area contributed by atoms with E-state index in [2.05, 4.69) is 52.5 Å². The van der Waals surface area contributed by atoms with Gasteiger partial charge in [0.1, 0.15) is 6.61 Å². The van der Waals surface area contributed by atoms with Gasteiger partial charge in [-0.2, -0.15) is 0 Å². The zero-order valence-corrected chi connectivity index (χ0v) is 12.4. The van der Waals surface area contributed by atoms with Crippen molar-refractivity contribution in [3.05, 3.63) is 66.8 Å². The van der Waals surface area contributed by atoms with Gasteiger partial charge in [-0.15, -0.1) is 0 Å². The van der Waals surface area contributed by atoms with E-state index >= 15 is 0 Å². The molecular formula is C17H21N3O. The molecule has 0 aliphatic rings. The van der Waals surface area contributed by atoms with Crippen LogP contribution in [0, 0.1) is 0 Å². The normalized spacial score (nSPS) is 12.4. The summed E-state index contributed by atoms with van der Waals surface area (Å²) >= 11 is 0. The van der Waals surface area contributed by atoms with E-state index in [1.165, 1.54) is 5.56 Å². The number of benzene rings is 1. The molecule has 2 aromatic rings. The first-order valence-corrected chi connectivity index (χ1v) is 7.18. The predicted molar refractivity (Wildman–Crippen MR) is 85.5 cm³/mol. The minimum atomic E-state index is 0.334. The first-order chi connectivity index (χ1) is 10.3. The zero-order valence-electron chi connectivity index (χ0n) is 12.4. The Balaban J connectivity index is 2.09. The lowest BCUT2D eigenvalue weighted by molar-refractivity contribution is 0.176. The first kappa shape index (κ1) is 15.0. The molecule has 0 aliphatic carbocycles. The molecule has 1 heterocycles. The second-order valence-corrected chi connectivity index (χ2v) is 4.80. The largest absolute Gasteiger partial charge is 0.392 e. The van der Waals surface area contributed by atoms with Gasteiger partial charge in [0.25, 0.3) is 0 Å². The summed E-state index contributed by atoms with van der Waals surface area (Å²) in [4.78, 5) is 9.14. The Morgan fingerprint density at radius 3 is 2.81 bits per heavy atom. The van der Waals surface area contributed by atoms with Crippen molar-refractivity contribution >= 4 is 6.21 Å². The summed E-state index contributed by atoms with van der Waals surface area (Å²) in [6, 6.07) is 8.70. The smallest absolute Gasteiger partial charge is 0.135 e. The number of rotatable bonds is 8. The molecule has 4 heteroatoms. The molecule has 0 radical (unpaired) electrons. The maximum Gasteiger partial charge on any atom is 0.135 e. The van der Waals surface area contributed by atoms with Gasteiger partial charge < -0.3 is 9.40 Å². The summed E-state index contributed by atoms with van der Waals surface area (Å²) in [5, 5.41) is 3.88. The van der Waals surface area contributed by atoms with Crippen molar-refractivity contribution in [2.45, 2.75) is 25.8 Å². The van der Waals surface area contributed by atoms with Gasteiger partial charge in [0.15, 0.2) is 0 Å². The van der Waals surface area contributed by atoms with E-state index in [-0.39, 0.29) is 0 Å². The second-order valence-electron chi connectivity index (χ2n) is 4.80. The third kappa shape index (κ3) is 4.31. The van der Waals surface area contributed by atoms with Gasteiger partial charge in [-0.1, -0.05) is 55.4 Å². The topological polar surface area (TPSA) is 39.4 Å². The van der Waals surface area contributed by atoms with Crippen molar-refractivity contribution in [1.82, 2.24) is 9.55 Å².